The number of esters is 1. The molecule has 0 aliphatic carbocycles. The van der Waals surface area contributed by atoms with Gasteiger partial charge in [0.05, 0.1) is 15.6 Å². The molecule has 0 spiro atoms. The molecule has 0 N–H and O–H groups in total. The molecule has 0 amide bonds. The highest BCUT2D eigenvalue weighted by atomic mass is 32.1. The first-order valence-corrected chi connectivity index (χ1v) is 6.94. The number of aromatic nitrogens is 1. The number of rotatable bonds is 3. The van der Waals surface area contributed by atoms with Crippen LogP contribution in [-0.4, -0.2) is 9.93 Å². The molecule has 0 aliphatic heterocycles. The minimum atomic E-state index is -0.598. The Morgan fingerprint density at radius 1 is 1.14 bits per heavy atom. The van der Waals surface area contributed by atoms with Crippen molar-refractivity contribution in [1.82, 2.24) is 3.96 Å². The second-order valence-corrected chi connectivity index (χ2v) is 5.40. The number of hydrogen-bond donors (Lipinski definition) is 0. The van der Waals surface area contributed by atoms with Crippen LogP contribution in [0.5, 0.6) is 0 Å². The summed E-state index contributed by atoms with van der Waals surface area (Å²) >= 11 is 1.23. The molecule has 2 aromatic carbocycles. The molecule has 0 saturated carbocycles. The van der Waals surface area contributed by atoms with E-state index in [0.29, 0.717) is 5.39 Å². The van der Waals surface area contributed by atoms with Crippen LogP contribution in [0.25, 0.3) is 10.1 Å². The van der Waals surface area contributed by atoms with Crippen molar-refractivity contribution in [2.75, 3.05) is 0 Å². The predicted molar refractivity (Wildman–Crippen MR) is 77.9 cm³/mol. The van der Waals surface area contributed by atoms with Gasteiger partial charge >= 0.3 is 5.97 Å². The van der Waals surface area contributed by atoms with Crippen molar-refractivity contribution in [2.45, 2.75) is 6.73 Å². The Balaban J connectivity index is 1.77. The molecule has 3 aromatic rings. The van der Waals surface area contributed by atoms with Crippen molar-refractivity contribution in [3.8, 4) is 0 Å². The lowest BCUT2D eigenvalue weighted by Gasteiger charge is -2.04. The van der Waals surface area contributed by atoms with Gasteiger partial charge in [-0.05, 0) is 36.4 Å². The molecule has 0 unspecified atom stereocenters. The summed E-state index contributed by atoms with van der Waals surface area (Å²) in [6.45, 7) is -0.158. The summed E-state index contributed by atoms with van der Waals surface area (Å²) < 4.78 is 20.1. The Morgan fingerprint density at radius 3 is 2.57 bits per heavy atom. The zero-order chi connectivity index (χ0) is 14.8. The Hall–Kier alpha value is -2.47. The van der Waals surface area contributed by atoms with Gasteiger partial charge in [0.15, 0.2) is 6.73 Å². The first kappa shape index (κ1) is 13.5. The fourth-order valence-corrected chi connectivity index (χ4v) is 2.81. The van der Waals surface area contributed by atoms with E-state index < -0.39 is 11.8 Å². The van der Waals surface area contributed by atoms with Gasteiger partial charge in [-0.2, -0.15) is 0 Å². The van der Waals surface area contributed by atoms with E-state index in [2.05, 4.69) is 0 Å². The van der Waals surface area contributed by atoms with Crippen molar-refractivity contribution >= 4 is 27.6 Å². The highest BCUT2D eigenvalue weighted by molar-refractivity contribution is 7.13. The van der Waals surface area contributed by atoms with Crippen molar-refractivity contribution in [3.05, 3.63) is 70.3 Å². The maximum absolute atomic E-state index is 12.8. The maximum Gasteiger partial charge on any atom is 0.339 e. The minimum absolute atomic E-state index is 0.158. The molecule has 6 heteroatoms. The highest BCUT2D eigenvalue weighted by Gasteiger charge is 2.10. The van der Waals surface area contributed by atoms with Gasteiger partial charge in [-0.15, -0.1) is 0 Å². The lowest BCUT2D eigenvalue weighted by Crippen LogP contribution is -2.17. The lowest BCUT2D eigenvalue weighted by atomic mass is 10.2. The maximum atomic E-state index is 12.8. The average Bonchev–Trinajstić information content (AvgIpc) is 2.82. The van der Waals surface area contributed by atoms with E-state index in [1.54, 1.807) is 12.1 Å². The molecular weight excluding hydrogens is 293 g/mol. The van der Waals surface area contributed by atoms with Crippen LogP contribution < -0.4 is 5.56 Å². The number of hydrogen-bond acceptors (Lipinski definition) is 4. The Bertz CT molecular complexity index is 851. The summed E-state index contributed by atoms with van der Waals surface area (Å²) in [5, 5.41) is 0.598. The van der Waals surface area contributed by atoms with Crippen LogP contribution in [0.15, 0.2) is 53.3 Å². The summed E-state index contributed by atoms with van der Waals surface area (Å²) in [4.78, 5) is 23.9. The molecule has 4 nitrogen and oxygen atoms in total. The van der Waals surface area contributed by atoms with Gasteiger partial charge in [0.2, 0.25) is 0 Å². The smallest absolute Gasteiger partial charge is 0.339 e. The molecule has 3 rings (SSSR count). The third-order valence-corrected chi connectivity index (χ3v) is 3.99. The number of carbonyl (C=O) groups excluding carboxylic acids is 1. The zero-order valence-corrected chi connectivity index (χ0v) is 11.6. The molecule has 0 bridgehead atoms. The third-order valence-electron chi connectivity index (χ3n) is 2.95. The molecule has 106 valence electrons. The zero-order valence-electron chi connectivity index (χ0n) is 10.8. The molecular formula is C15H10FNO3S. The molecule has 0 radical (unpaired) electrons. The van der Waals surface area contributed by atoms with Gasteiger partial charge in [0, 0.05) is 0 Å². The average molecular weight is 303 g/mol. The Kier molecular flexibility index (Phi) is 3.53. The monoisotopic (exact) mass is 303 g/mol. The lowest BCUT2D eigenvalue weighted by molar-refractivity contribution is 0.0385. The fraction of sp³-hybridized carbons (Fsp3) is 0.0667. The summed E-state index contributed by atoms with van der Waals surface area (Å²) in [5.74, 6) is -1.02. The predicted octanol–water partition coefficient (Wildman–Crippen LogP) is 3.02. The van der Waals surface area contributed by atoms with Gasteiger partial charge in [0.25, 0.3) is 5.56 Å². The van der Waals surface area contributed by atoms with Crippen LogP contribution in [0.2, 0.25) is 0 Å². The molecule has 1 heterocycles. The van der Waals surface area contributed by atoms with E-state index in [-0.39, 0.29) is 17.9 Å². The van der Waals surface area contributed by atoms with Crippen LogP contribution in [0.1, 0.15) is 10.4 Å². The normalized spacial score (nSPS) is 10.7. The topological polar surface area (TPSA) is 48.3 Å². The number of halogens is 1. The van der Waals surface area contributed by atoms with Crippen molar-refractivity contribution in [2.24, 2.45) is 0 Å². The molecule has 21 heavy (non-hydrogen) atoms. The van der Waals surface area contributed by atoms with E-state index >= 15 is 0 Å². The summed E-state index contributed by atoms with van der Waals surface area (Å²) in [6.07, 6.45) is 0. The SMILES string of the molecule is O=C(OCn1sc2ccccc2c1=O)c1ccc(F)cc1. The van der Waals surface area contributed by atoms with Crippen LogP contribution in [0.3, 0.4) is 0 Å². The van der Waals surface area contributed by atoms with E-state index in [0.717, 1.165) is 4.70 Å². The van der Waals surface area contributed by atoms with E-state index in [4.69, 9.17) is 4.74 Å². The van der Waals surface area contributed by atoms with Gasteiger partial charge in [0.1, 0.15) is 5.82 Å². The van der Waals surface area contributed by atoms with Gasteiger partial charge in [-0.3, -0.25) is 4.79 Å². The first-order chi connectivity index (χ1) is 10.1. The van der Waals surface area contributed by atoms with Crippen molar-refractivity contribution < 1.29 is 13.9 Å². The molecule has 0 aliphatic rings. The van der Waals surface area contributed by atoms with Crippen molar-refractivity contribution in [3.63, 3.8) is 0 Å². The highest BCUT2D eigenvalue weighted by Crippen LogP contribution is 2.16. The fourth-order valence-electron chi connectivity index (χ4n) is 1.89. The van der Waals surface area contributed by atoms with E-state index in [9.17, 15) is 14.0 Å². The van der Waals surface area contributed by atoms with Gasteiger partial charge < -0.3 is 4.74 Å². The second kappa shape index (κ2) is 5.49. The van der Waals surface area contributed by atoms with E-state index in [1.807, 2.05) is 12.1 Å². The Labute approximate surface area is 123 Å². The minimum Gasteiger partial charge on any atom is -0.439 e. The molecule has 0 fully saturated rings. The van der Waals surface area contributed by atoms with Crippen LogP contribution in [-0.2, 0) is 11.5 Å². The third kappa shape index (κ3) is 2.71. The summed E-state index contributed by atoms with van der Waals surface area (Å²) in [5.41, 5.74) is 0.0491. The van der Waals surface area contributed by atoms with Gasteiger partial charge in [-0.25, -0.2) is 13.1 Å². The largest absolute Gasteiger partial charge is 0.439 e. The van der Waals surface area contributed by atoms with Gasteiger partial charge in [-0.1, -0.05) is 23.7 Å². The van der Waals surface area contributed by atoms with Crippen molar-refractivity contribution in [1.29, 1.82) is 0 Å². The second-order valence-electron chi connectivity index (χ2n) is 4.34. The summed E-state index contributed by atoms with van der Waals surface area (Å²) in [6, 6.07) is 12.2. The van der Waals surface area contributed by atoms with Crippen LogP contribution >= 0.6 is 11.5 Å². The standard InChI is InChI=1S/C15H10FNO3S/c16-11-7-5-10(6-8-11)15(19)20-9-17-14(18)12-3-1-2-4-13(12)21-17/h1-8H,9H2. The summed E-state index contributed by atoms with van der Waals surface area (Å²) in [7, 11) is 0. The molecule has 0 saturated heterocycles. The quantitative estimate of drug-likeness (QED) is 0.699. The van der Waals surface area contributed by atoms with Crippen LogP contribution in [0, 0.1) is 5.82 Å². The van der Waals surface area contributed by atoms with E-state index in [1.165, 1.54) is 39.8 Å². The molecule has 0 atom stereocenters. The number of fused-ring (bicyclic) bond motifs is 1. The number of carbonyl (C=O) groups is 1. The number of benzene rings is 2. The Morgan fingerprint density at radius 2 is 1.86 bits per heavy atom. The number of nitrogens with zero attached hydrogens (tertiary/aromatic N) is 1. The molecule has 1 aromatic heterocycles. The van der Waals surface area contributed by atoms with Crippen LogP contribution in [0.4, 0.5) is 4.39 Å². The first-order valence-electron chi connectivity index (χ1n) is 6.17. The number of ether oxygens (including phenoxy) is 1.